The third-order valence-corrected chi connectivity index (χ3v) is 2.88. The molecule has 1 aromatic rings. The Hall–Kier alpha value is -2.04. The Morgan fingerprint density at radius 3 is 2.15 bits per heavy atom. The normalized spacial score (nSPS) is 11.6. The molecule has 0 saturated heterocycles. The van der Waals surface area contributed by atoms with E-state index < -0.39 is 0 Å². The van der Waals surface area contributed by atoms with Crippen molar-refractivity contribution >= 4 is 11.9 Å². The van der Waals surface area contributed by atoms with Gasteiger partial charge in [-0.15, -0.1) is 0 Å². The van der Waals surface area contributed by atoms with Gasteiger partial charge >= 0.3 is 6.03 Å². The van der Waals surface area contributed by atoms with E-state index in [0.717, 1.165) is 5.56 Å². The number of rotatable bonds is 5. The summed E-state index contributed by atoms with van der Waals surface area (Å²) in [4.78, 5) is 22.4. The molecule has 0 aliphatic rings. The van der Waals surface area contributed by atoms with Crippen LogP contribution in [0, 0.1) is 13.8 Å². The molecule has 0 spiro atoms. The van der Waals surface area contributed by atoms with Gasteiger partial charge in [0.05, 0.1) is 6.04 Å². The maximum absolute atomic E-state index is 11.7. The Morgan fingerprint density at radius 2 is 1.60 bits per heavy atom. The zero-order chi connectivity index (χ0) is 15.1. The smallest absolute Gasteiger partial charge is 0.315 e. The zero-order valence-corrected chi connectivity index (χ0v) is 12.5. The molecule has 0 radical (unpaired) electrons. The molecule has 0 saturated carbocycles. The Kier molecular flexibility index (Phi) is 6.03. The van der Waals surface area contributed by atoms with E-state index in [-0.39, 0.29) is 18.0 Å². The summed E-state index contributed by atoms with van der Waals surface area (Å²) in [5.74, 6) is -0.101. The van der Waals surface area contributed by atoms with Gasteiger partial charge in [-0.1, -0.05) is 29.3 Å². The Morgan fingerprint density at radius 1 is 1.05 bits per heavy atom. The fourth-order valence-corrected chi connectivity index (χ4v) is 2.01. The Bertz CT molecular complexity index is 466. The topological polar surface area (TPSA) is 70.2 Å². The van der Waals surface area contributed by atoms with Crippen molar-refractivity contribution in [3.8, 4) is 0 Å². The Labute approximate surface area is 120 Å². The highest BCUT2D eigenvalue weighted by Crippen LogP contribution is 2.16. The van der Waals surface area contributed by atoms with Crippen LogP contribution in [0.3, 0.4) is 0 Å². The molecular weight excluding hydrogens is 254 g/mol. The summed E-state index contributed by atoms with van der Waals surface area (Å²) in [6.07, 6.45) is 0. The monoisotopic (exact) mass is 277 g/mol. The van der Waals surface area contributed by atoms with Crippen LogP contribution in [0.1, 0.15) is 36.6 Å². The first-order valence-corrected chi connectivity index (χ1v) is 6.75. The molecule has 0 aliphatic heterocycles. The first kappa shape index (κ1) is 16.0. The van der Waals surface area contributed by atoms with Gasteiger partial charge in [-0.25, -0.2) is 4.79 Å². The zero-order valence-electron chi connectivity index (χ0n) is 12.5. The predicted octanol–water partition coefficient (Wildman–Crippen LogP) is 1.80. The minimum atomic E-state index is -0.234. The molecule has 3 amide bonds. The fraction of sp³-hybridized carbons (Fsp3) is 0.467. The lowest BCUT2D eigenvalue weighted by Gasteiger charge is -2.16. The van der Waals surface area contributed by atoms with Gasteiger partial charge in [0.1, 0.15) is 0 Å². The highest BCUT2D eigenvalue weighted by molar-refractivity contribution is 5.75. The van der Waals surface area contributed by atoms with E-state index in [4.69, 9.17) is 0 Å². The number of aryl methyl sites for hydroxylation is 2. The average Bonchev–Trinajstić information content (AvgIpc) is 2.33. The van der Waals surface area contributed by atoms with Gasteiger partial charge in [0.2, 0.25) is 5.91 Å². The van der Waals surface area contributed by atoms with E-state index in [1.54, 1.807) is 0 Å². The van der Waals surface area contributed by atoms with Crippen LogP contribution in [-0.4, -0.2) is 25.0 Å². The maximum Gasteiger partial charge on any atom is 0.315 e. The summed E-state index contributed by atoms with van der Waals surface area (Å²) in [5.41, 5.74) is 3.44. The van der Waals surface area contributed by atoms with Crippen molar-refractivity contribution in [1.29, 1.82) is 0 Å². The number of urea groups is 1. The highest BCUT2D eigenvalue weighted by Gasteiger charge is 2.09. The highest BCUT2D eigenvalue weighted by atomic mass is 16.2. The van der Waals surface area contributed by atoms with Gasteiger partial charge in [0, 0.05) is 20.0 Å². The van der Waals surface area contributed by atoms with Crippen molar-refractivity contribution in [3.63, 3.8) is 0 Å². The number of hydrogen-bond acceptors (Lipinski definition) is 2. The molecule has 1 rings (SSSR count). The summed E-state index contributed by atoms with van der Waals surface area (Å²) < 4.78 is 0. The van der Waals surface area contributed by atoms with Crippen LogP contribution < -0.4 is 16.0 Å². The second-order valence-corrected chi connectivity index (χ2v) is 5.03. The molecule has 5 nitrogen and oxygen atoms in total. The van der Waals surface area contributed by atoms with Crippen LogP contribution in [0.15, 0.2) is 18.2 Å². The van der Waals surface area contributed by atoms with Crippen molar-refractivity contribution in [1.82, 2.24) is 16.0 Å². The molecule has 0 bridgehead atoms. The second kappa shape index (κ2) is 7.53. The van der Waals surface area contributed by atoms with Crippen molar-refractivity contribution in [2.24, 2.45) is 0 Å². The van der Waals surface area contributed by atoms with Crippen LogP contribution in [0.2, 0.25) is 0 Å². The molecular formula is C15H23N3O2. The average molecular weight is 277 g/mol. The van der Waals surface area contributed by atoms with Crippen molar-refractivity contribution in [3.05, 3.63) is 34.9 Å². The summed E-state index contributed by atoms with van der Waals surface area (Å²) in [5, 5.41) is 8.20. The lowest BCUT2D eigenvalue weighted by molar-refractivity contribution is -0.118. The summed E-state index contributed by atoms with van der Waals surface area (Å²) >= 11 is 0. The molecule has 0 aromatic heterocycles. The second-order valence-electron chi connectivity index (χ2n) is 5.03. The number of nitrogens with one attached hydrogen (secondary N) is 3. The predicted molar refractivity (Wildman–Crippen MR) is 79.5 cm³/mol. The SMILES string of the molecule is CC(=O)NCCNC(=O)NC(C)c1cc(C)cc(C)c1. The number of amides is 3. The maximum atomic E-state index is 11.7. The van der Waals surface area contributed by atoms with E-state index in [9.17, 15) is 9.59 Å². The third-order valence-electron chi connectivity index (χ3n) is 2.88. The fourth-order valence-electron chi connectivity index (χ4n) is 2.01. The Balaban J connectivity index is 2.43. The number of benzene rings is 1. The van der Waals surface area contributed by atoms with Gasteiger partial charge in [-0.05, 0) is 26.3 Å². The van der Waals surface area contributed by atoms with E-state index in [1.165, 1.54) is 18.1 Å². The van der Waals surface area contributed by atoms with Crippen molar-refractivity contribution < 1.29 is 9.59 Å². The quantitative estimate of drug-likeness (QED) is 0.718. The summed E-state index contributed by atoms with van der Waals surface area (Å²) in [7, 11) is 0. The first-order chi connectivity index (χ1) is 9.38. The summed E-state index contributed by atoms with van der Waals surface area (Å²) in [6.45, 7) is 8.31. The molecule has 110 valence electrons. The van der Waals surface area contributed by atoms with Gasteiger partial charge in [0.25, 0.3) is 0 Å². The number of carbonyl (C=O) groups excluding carboxylic acids is 2. The van der Waals surface area contributed by atoms with Crippen LogP contribution in [0.25, 0.3) is 0 Å². The molecule has 0 heterocycles. The molecule has 20 heavy (non-hydrogen) atoms. The van der Waals surface area contributed by atoms with Gasteiger partial charge < -0.3 is 16.0 Å². The third kappa shape index (κ3) is 5.73. The summed E-state index contributed by atoms with van der Waals surface area (Å²) in [6, 6.07) is 5.94. The van der Waals surface area contributed by atoms with E-state index in [0.29, 0.717) is 13.1 Å². The number of carbonyl (C=O) groups is 2. The molecule has 0 aliphatic carbocycles. The van der Waals surface area contributed by atoms with E-state index in [1.807, 2.05) is 20.8 Å². The lowest BCUT2D eigenvalue weighted by Crippen LogP contribution is -2.40. The molecule has 0 fully saturated rings. The van der Waals surface area contributed by atoms with Gasteiger partial charge in [-0.3, -0.25) is 4.79 Å². The van der Waals surface area contributed by atoms with E-state index in [2.05, 4.69) is 34.1 Å². The van der Waals surface area contributed by atoms with Crippen molar-refractivity contribution in [2.45, 2.75) is 33.7 Å². The molecule has 1 atom stereocenters. The number of hydrogen-bond donors (Lipinski definition) is 3. The van der Waals surface area contributed by atoms with Crippen molar-refractivity contribution in [2.75, 3.05) is 13.1 Å². The van der Waals surface area contributed by atoms with Crippen LogP contribution in [0.4, 0.5) is 4.79 Å². The van der Waals surface area contributed by atoms with Crippen LogP contribution >= 0.6 is 0 Å². The minimum Gasteiger partial charge on any atom is -0.355 e. The molecule has 5 heteroatoms. The standard InChI is InChI=1S/C15H23N3O2/c1-10-7-11(2)9-14(8-10)12(3)18-15(20)17-6-5-16-13(4)19/h7-9,12H,5-6H2,1-4H3,(H,16,19)(H2,17,18,20). The molecule has 1 aromatic carbocycles. The van der Waals surface area contributed by atoms with E-state index >= 15 is 0 Å². The lowest BCUT2D eigenvalue weighted by atomic mass is 10.0. The largest absolute Gasteiger partial charge is 0.355 e. The van der Waals surface area contributed by atoms with Crippen LogP contribution in [-0.2, 0) is 4.79 Å². The van der Waals surface area contributed by atoms with Gasteiger partial charge in [-0.2, -0.15) is 0 Å². The van der Waals surface area contributed by atoms with Gasteiger partial charge in [0.15, 0.2) is 0 Å². The molecule has 3 N–H and O–H groups in total. The van der Waals surface area contributed by atoms with Crippen LogP contribution in [0.5, 0.6) is 0 Å². The minimum absolute atomic E-state index is 0.0608. The molecule has 1 unspecified atom stereocenters. The first-order valence-electron chi connectivity index (χ1n) is 6.75.